The van der Waals surface area contributed by atoms with Crippen molar-refractivity contribution in [1.82, 2.24) is 10.2 Å². The summed E-state index contributed by atoms with van der Waals surface area (Å²) >= 11 is 0. The quantitative estimate of drug-likeness (QED) is 0.727. The molecular formula is C20H32N4O2. The van der Waals surface area contributed by atoms with Crippen molar-refractivity contribution in [3.05, 3.63) is 24.3 Å². The zero-order chi connectivity index (χ0) is 19.1. The molecule has 6 heteroatoms. The van der Waals surface area contributed by atoms with Gasteiger partial charge < -0.3 is 16.0 Å². The molecular weight excluding hydrogens is 328 g/mol. The second kappa shape index (κ2) is 9.57. The molecule has 6 nitrogen and oxygen atoms in total. The van der Waals surface area contributed by atoms with Crippen LogP contribution in [0.5, 0.6) is 0 Å². The molecule has 1 atom stereocenters. The van der Waals surface area contributed by atoms with Gasteiger partial charge in [0.15, 0.2) is 0 Å². The van der Waals surface area contributed by atoms with Gasteiger partial charge in [0.2, 0.25) is 5.91 Å². The fourth-order valence-corrected chi connectivity index (χ4v) is 3.40. The van der Waals surface area contributed by atoms with Crippen LogP contribution in [-0.4, -0.2) is 42.5 Å². The Bertz CT molecular complexity index is 610. The highest BCUT2D eigenvalue weighted by atomic mass is 16.2. The molecule has 26 heavy (non-hydrogen) atoms. The molecule has 1 fully saturated rings. The number of nitrogens with zero attached hydrogens (tertiary/aromatic N) is 1. The van der Waals surface area contributed by atoms with Crippen molar-refractivity contribution in [2.75, 3.05) is 30.3 Å². The summed E-state index contributed by atoms with van der Waals surface area (Å²) in [6.07, 6.45) is 2.46. The highest BCUT2D eigenvalue weighted by Gasteiger charge is 2.25. The van der Waals surface area contributed by atoms with Crippen LogP contribution in [0, 0.1) is 11.8 Å². The summed E-state index contributed by atoms with van der Waals surface area (Å²) < 4.78 is 0. The molecule has 0 saturated carbocycles. The average Bonchev–Trinajstić information content (AvgIpc) is 2.56. The standard InChI is InChI=1S/C20H32N4O2/c1-14(2)19(24-10-8-15(3)9-11-24)13-21-20(26)23-18-7-5-6-17(12-18)22-16(4)25/h5-7,12,14-15,19H,8-11,13H2,1-4H3,(H,22,25)(H2,21,23,26). The maximum Gasteiger partial charge on any atom is 0.319 e. The molecule has 3 amide bonds. The summed E-state index contributed by atoms with van der Waals surface area (Å²) in [6.45, 7) is 11.0. The van der Waals surface area contributed by atoms with Crippen LogP contribution in [0.4, 0.5) is 16.2 Å². The number of nitrogens with one attached hydrogen (secondary N) is 3. The Morgan fingerprint density at radius 2 is 1.77 bits per heavy atom. The predicted octanol–water partition coefficient (Wildman–Crippen LogP) is 3.52. The molecule has 1 aliphatic rings. The van der Waals surface area contributed by atoms with Crippen LogP contribution < -0.4 is 16.0 Å². The molecule has 2 rings (SSSR count). The summed E-state index contributed by atoms with van der Waals surface area (Å²) in [6, 6.07) is 7.26. The number of likely N-dealkylation sites (tertiary alicyclic amines) is 1. The SMILES string of the molecule is CC(=O)Nc1cccc(NC(=O)NCC(C(C)C)N2CCC(C)CC2)c1. The van der Waals surface area contributed by atoms with Crippen LogP contribution in [0.2, 0.25) is 0 Å². The van der Waals surface area contributed by atoms with Crippen LogP contribution >= 0.6 is 0 Å². The number of hydrogen-bond acceptors (Lipinski definition) is 3. The van der Waals surface area contributed by atoms with E-state index >= 15 is 0 Å². The van der Waals surface area contributed by atoms with E-state index in [9.17, 15) is 9.59 Å². The van der Waals surface area contributed by atoms with Crippen LogP contribution in [-0.2, 0) is 4.79 Å². The number of rotatable bonds is 6. The summed E-state index contributed by atoms with van der Waals surface area (Å²) in [4.78, 5) is 25.9. The molecule has 1 heterocycles. The van der Waals surface area contributed by atoms with E-state index in [0.29, 0.717) is 29.9 Å². The van der Waals surface area contributed by atoms with Gasteiger partial charge in [0.1, 0.15) is 0 Å². The lowest BCUT2D eigenvalue weighted by molar-refractivity contribution is -0.114. The van der Waals surface area contributed by atoms with Gasteiger partial charge >= 0.3 is 6.03 Å². The number of anilines is 2. The molecule has 1 aromatic rings. The maximum absolute atomic E-state index is 12.3. The second-order valence-corrected chi connectivity index (χ2v) is 7.63. The van der Waals surface area contributed by atoms with Crippen molar-refractivity contribution in [1.29, 1.82) is 0 Å². The predicted molar refractivity (Wildman–Crippen MR) is 106 cm³/mol. The molecule has 3 N–H and O–H groups in total. The van der Waals surface area contributed by atoms with E-state index in [0.717, 1.165) is 19.0 Å². The molecule has 1 aliphatic heterocycles. The summed E-state index contributed by atoms with van der Waals surface area (Å²) in [5.74, 6) is 1.14. The third-order valence-electron chi connectivity index (χ3n) is 4.97. The summed E-state index contributed by atoms with van der Waals surface area (Å²) in [5.41, 5.74) is 1.32. The summed E-state index contributed by atoms with van der Waals surface area (Å²) in [7, 11) is 0. The topological polar surface area (TPSA) is 73.5 Å². The lowest BCUT2D eigenvalue weighted by Gasteiger charge is -2.38. The molecule has 0 radical (unpaired) electrons. The van der Waals surface area contributed by atoms with Crippen LogP contribution in [0.15, 0.2) is 24.3 Å². The van der Waals surface area contributed by atoms with Gasteiger partial charge in [0.05, 0.1) is 0 Å². The first-order valence-electron chi connectivity index (χ1n) is 9.51. The van der Waals surface area contributed by atoms with Crippen LogP contribution in [0.3, 0.4) is 0 Å². The fourth-order valence-electron chi connectivity index (χ4n) is 3.40. The molecule has 1 saturated heterocycles. The van der Waals surface area contributed by atoms with E-state index in [4.69, 9.17) is 0 Å². The lowest BCUT2D eigenvalue weighted by Crippen LogP contribution is -2.50. The number of benzene rings is 1. The van der Waals surface area contributed by atoms with Crippen molar-refractivity contribution >= 4 is 23.3 Å². The Hall–Kier alpha value is -2.08. The second-order valence-electron chi connectivity index (χ2n) is 7.63. The Labute approximate surface area is 156 Å². The Balaban J connectivity index is 1.87. The van der Waals surface area contributed by atoms with Gasteiger partial charge in [0.25, 0.3) is 0 Å². The van der Waals surface area contributed by atoms with Crippen molar-refractivity contribution in [2.24, 2.45) is 11.8 Å². The number of urea groups is 1. The van der Waals surface area contributed by atoms with Gasteiger partial charge in [-0.05, 0) is 56.0 Å². The highest BCUT2D eigenvalue weighted by Crippen LogP contribution is 2.21. The first-order valence-corrected chi connectivity index (χ1v) is 9.51. The zero-order valence-corrected chi connectivity index (χ0v) is 16.3. The number of carbonyl (C=O) groups excluding carboxylic acids is 2. The van der Waals surface area contributed by atoms with Gasteiger partial charge in [-0.25, -0.2) is 4.79 Å². The lowest BCUT2D eigenvalue weighted by atomic mass is 9.94. The van der Waals surface area contributed by atoms with E-state index in [1.165, 1.54) is 19.8 Å². The maximum atomic E-state index is 12.3. The molecule has 0 spiro atoms. The first kappa shape index (κ1) is 20.2. The first-order chi connectivity index (χ1) is 12.3. The van der Waals surface area contributed by atoms with E-state index < -0.39 is 0 Å². The van der Waals surface area contributed by atoms with E-state index in [2.05, 4.69) is 41.6 Å². The summed E-state index contributed by atoms with van der Waals surface area (Å²) in [5, 5.41) is 8.56. The Kier molecular flexibility index (Phi) is 7.45. The van der Waals surface area contributed by atoms with Gasteiger partial charge in [-0.2, -0.15) is 0 Å². The van der Waals surface area contributed by atoms with Crippen molar-refractivity contribution in [3.8, 4) is 0 Å². The van der Waals surface area contributed by atoms with Crippen LogP contribution in [0.1, 0.15) is 40.5 Å². The van der Waals surface area contributed by atoms with Crippen molar-refractivity contribution < 1.29 is 9.59 Å². The number of amides is 3. The van der Waals surface area contributed by atoms with E-state index in [1.807, 2.05) is 0 Å². The number of hydrogen-bond donors (Lipinski definition) is 3. The molecule has 0 aliphatic carbocycles. The van der Waals surface area contributed by atoms with Gasteiger partial charge in [-0.15, -0.1) is 0 Å². The molecule has 0 bridgehead atoms. The fraction of sp³-hybridized carbons (Fsp3) is 0.600. The molecule has 1 unspecified atom stereocenters. The number of piperidine rings is 1. The monoisotopic (exact) mass is 360 g/mol. The van der Waals surface area contributed by atoms with Crippen molar-refractivity contribution in [2.45, 2.75) is 46.6 Å². The average molecular weight is 361 g/mol. The minimum absolute atomic E-state index is 0.137. The molecule has 144 valence electrons. The van der Waals surface area contributed by atoms with E-state index in [-0.39, 0.29) is 11.9 Å². The molecule has 1 aromatic carbocycles. The normalized spacial score (nSPS) is 17.0. The van der Waals surface area contributed by atoms with Gasteiger partial charge in [-0.3, -0.25) is 9.69 Å². The van der Waals surface area contributed by atoms with Gasteiger partial charge in [-0.1, -0.05) is 26.8 Å². The third kappa shape index (κ3) is 6.33. The van der Waals surface area contributed by atoms with Gasteiger partial charge in [0, 0.05) is 30.9 Å². The minimum Gasteiger partial charge on any atom is -0.336 e. The zero-order valence-electron chi connectivity index (χ0n) is 16.3. The minimum atomic E-state index is -0.221. The van der Waals surface area contributed by atoms with Crippen LogP contribution in [0.25, 0.3) is 0 Å². The third-order valence-corrected chi connectivity index (χ3v) is 4.97. The largest absolute Gasteiger partial charge is 0.336 e. The smallest absolute Gasteiger partial charge is 0.319 e. The number of carbonyl (C=O) groups is 2. The molecule has 0 aromatic heterocycles. The Morgan fingerprint density at radius 1 is 1.15 bits per heavy atom. The van der Waals surface area contributed by atoms with E-state index in [1.54, 1.807) is 24.3 Å². The van der Waals surface area contributed by atoms with Crippen molar-refractivity contribution in [3.63, 3.8) is 0 Å². The highest BCUT2D eigenvalue weighted by molar-refractivity contribution is 5.92. The Morgan fingerprint density at radius 3 is 2.35 bits per heavy atom.